The Hall–Kier alpha value is -1.54. The van der Waals surface area contributed by atoms with Crippen molar-refractivity contribution in [2.45, 2.75) is 53.6 Å². The zero-order chi connectivity index (χ0) is 15.4. The van der Waals surface area contributed by atoms with Crippen LogP contribution in [0.3, 0.4) is 0 Å². The summed E-state index contributed by atoms with van der Waals surface area (Å²) in [6, 6.07) is 8.61. The van der Waals surface area contributed by atoms with Gasteiger partial charge in [0, 0.05) is 17.0 Å². The number of hydrogen-bond donors (Lipinski definition) is 1. The molecule has 1 unspecified atom stereocenters. The Bertz CT molecular complexity index is 674. The van der Waals surface area contributed by atoms with E-state index in [1.54, 1.807) is 0 Å². The summed E-state index contributed by atoms with van der Waals surface area (Å²) in [5.41, 5.74) is 7.62. The van der Waals surface area contributed by atoms with Crippen LogP contribution in [0.5, 0.6) is 0 Å². The number of nitrogens with zero attached hydrogens (tertiary/aromatic N) is 1. The fourth-order valence-corrected chi connectivity index (χ4v) is 3.81. The van der Waals surface area contributed by atoms with Gasteiger partial charge in [-0.15, -0.1) is 0 Å². The van der Waals surface area contributed by atoms with Crippen LogP contribution in [0.2, 0.25) is 0 Å². The fourth-order valence-electron chi connectivity index (χ4n) is 3.81. The number of aliphatic hydroxyl groups is 1. The van der Waals surface area contributed by atoms with Crippen LogP contribution in [0, 0.1) is 26.2 Å². The lowest BCUT2D eigenvalue weighted by molar-refractivity contribution is 0.0986. The Labute approximate surface area is 127 Å². The van der Waals surface area contributed by atoms with Crippen molar-refractivity contribution in [3.63, 3.8) is 0 Å². The maximum atomic E-state index is 10.5. The molecule has 1 N–H and O–H groups in total. The van der Waals surface area contributed by atoms with Crippen molar-refractivity contribution in [1.29, 1.82) is 0 Å². The van der Waals surface area contributed by atoms with Crippen LogP contribution < -0.4 is 0 Å². The Morgan fingerprint density at radius 1 is 1.14 bits per heavy atom. The molecular formula is C19H25NO. The smallest absolute Gasteiger partial charge is 0.0812 e. The fraction of sp³-hybridized carbons (Fsp3) is 0.474. The van der Waals surface area contributed by atoms with Gasteiger partial charge in [0.1, 0.15) is 0 Å². The predicted octanol–water partition coefficient (Wildman–Crippen LogP) is 4.41. The largest absolute Gasteiger partial charge is 0.388 e. The predicted molar refractivity (Wildman–Crippen MR) is 87.0 cm³/mol. The molecule has 0 bridgehead atoms. The zero-order valence-electron chi connectivity index (χ0n) is 13.7. The molecule has 3 rings (SSSR count). The minimum atomic E-state index is -0.340. The topological polar surface area (TPSA) is 25.2 Å². The zero-order valence-corrected chi connectivity index (χ0v) is 13.7. The minimum absolute atomic E-state index is 0.144. The van der Waals surface area contributed by atoms with Crippen LogP contribution in [0.1, 0.15) is 54.5 Å². The molecule has 2 nitrogen and oxygen atoms in total. The number of rotatable bonds is 1. The van der Waals surface area contributed by atoms with E-state index in [1.165, 1.54) is 28.2 Å². The van der Waals surface area contributed by atoms with E-state index in [-0.39, 0.29) is 11.5 Å². The third-order valence-electron chi connectivity index (χ3n) is 4.73. The third kappa shape index (κ3) is 2.32. The van der Waals surface area contributed by atoms with Crippen LogP contribution in [-0.2, 0) is 6.42 Å². The summed E-state index contributed by atoms with van der Waals surface area (Å²) in [5.74, 6) is 0. The van der Waals surface area contributed by atoms with Crippen molar-refractivity contribution in [3.05, 3.63) is 52.3 Å². The van der Waals surface area contributed by atoms with E-state index in [4.69, 9.17) is 0 Å². The number of benzene rings is 1. The first-order chi connectivity index (χ1) is 9.80. The molecule has 1 aliphatic carbocycles. The summed E-state index contributed by atoms with van der Waals surface area (Å²) < 4.78 is 2.37. The van der Waals surface area contributed by atoms with Gasteiger partial charge in [0.15, 0.2) is 0 Å². The number of hydrogen-bond acceptors (Lipinski definition) is 1. The molecule has 0 fully saturated rings. The van der Waals surface area contributed by atoms with Gasteiger partial charge in [-0.3, -0.25) is 0 Å². The Balaban J connectivity index is 2.26. The monoisotopic (exact) mass is 283 g/mol. The first-order valence-electron chi connectivity index (χ1n) is 7.76. The lowest BCUT2D eigenvalue weighted by Crippen LogP contribution is -2.26. The summed E-state index contributed by atoms with van der Waals surface area (Å²) in [4.78, 5) is 0. The molecule has 2 aromatic rings. The summed E-state index contributed by atoms with van der Waals surface area (Å²) in [6.07, 6.45) is 1.52. The van der Waals surface area contributed by atoms with Crippen molar-refractivity contribution in [1.82, 2.24) is 4.57 Å². The van der Waals surface area contributed by atoms with Crippen LogP contribution in [-0.4, -0.2) is 9.67 Å². The van der Waals surface area contributed by atoms with Crippen molar-refractivity contribution in [3.8, 4) is 5.69 Å². The Kier molecular flexibility index (Phi) is 3.25. The van der Waals surface area contributed by atoms with Gasteiger partial charge in [-0.05, 0) is 56.2 Å². The second-order valence-electron chi connectivity index (χ2n) is 7.32. The van der Waals surface area contributed by atoms with E-state index in [0.29, 0.717) is 0 Å². The van der Waals surface area contributed by atoms with Crippen LogP contribution in [0.25, 0.3) is 5.69 Å². The van der Waals surface area contributed by atoms with Crippen LogP contribution in [0.4, 0.5) is 0 Å². The quantitative estimate of drug-likeness (QED) is 0.824. The summed E-state index contributed by atoms with van der Waals surface area (Å²) in [7, 11) is 0. The molecule has 0 amide bonds. The van der Waals surface area contributed by atoms with Gasteiger partial charge in [0.05, 0.1) is 11.8 Å². The van der Waals surface area contributed by atoms with E-state index >= 15 is 0 Å². The minimum Gasteiger partial charge on any atom is -0.388 e. The first kappa shape index (κ1) is 14.4. The number of aryl methyl sites for hydroxylation is 3. The molecule has 0 aliphatic heterocycles. The van der Waals surface area contributed by atoms with Crippen molar-refractivity contribution < 1.29 is 5.11 Å². The lowest BCUT2D eigenvalue weighted by Gasteiger charge is -2.34. The second kappa shape index (κ2) is 4.74. The van der Waals surface area contributed by atoms with E-state index in [1.807, 2.05) is 0 Å². The molecule has 112 valence electrons. The number of fused-ring (bicyclic) bond motifs is 1. The summed E-state index contributed by atoms with van der Waals surface area (Å²) >= 11 is 0. The number of aliphatic hydroxyl groups excluding tert-OH is 1. The van der Waals surface area contributed by atoms with E-state index in [0.717, 1.165) is 18.4 Å². The van der Waals surface area contributed by atoms with Gasteiger partial charge in [-0.25, -0.2) is 0 Å². The molecule has 0 saturated heterocycles. The third-order valence-corrected chi connectivity index (χ3v) is 4.73. The van der Waals surface area contributed by atoms with Gasteiger partial charge < -0.3 is 9.67 Å². The van der Waals surface area contributed by atoms with Gasteiger partial charge in [0.2, 0.25) is 0 Å². The summed E-state index contributed by atoms with van der Waals surface area (Å²) in [6.45, 7) is 11.0. The highest BCUT2D eigenvalue weighted by molar-refractivity contribution is 5.52. The highest BCUT2D eigenvalue weighted by atomic mass is 16.3. The van der Waals surface area contributed by atoms with Gasteiger partial charge in [-0.2, -0.15) is 0 Å². The molecule has 1 aromatic heterocycles. The average Bonchev–Trinajstić information content (AvgIpc) is 2.66. The number of aromatic nitrogens is 1. The molecule has 1 atom stereocenters. The maximum absolute atomic E-state index is 10.5. The Morgan fingerprint density at radius 2 is 1.76 bits per heavy atom. The molecule has 21 heavy (non-hydrogen) atoms. The van der Waals surface area contributed by atoms with E-state index in [9.17, 15) is 5.11 Å². The van der Waals surface area contributed by atoms with E-state index in [2.05, 4.69) is 63.5 Å². The van der Waals surface area contributed by atoms with Gasteiger partial charge in [0.25, 0.3) is 0 Å². The first-order valence-corrected chi connectivity index (χ1v) is 7.76. The van der Waals surface area contributed by atoms with Gasteiger partial charge >= 0.3 is 0 Å². The van der Waals surface area contributed by atoms with Gasteiger partial charge in [-0.1, -0.05) is 32.0 Å². The van der Waals surface area contributed by atoms with Crippen molar-refractivity contribution in [2.24, 2.45) is 5.41 Å². The lowest BCUT2D eigenvalue weighted by atomic mass is 9.75. The highest BCUT2D eigenvalue weighted by Gasteiger charge is 2.34. The molecule has 2 heteroatoms. The molecule has 0 saturated carbocycles. The normalized spacial score (nSPS) is 20.4. The standard InChI is InChI=1S/C19H25NO/c1-12-7-6-8-13(2)18(12)20-14(3)9-15-16(20)10-19(4,5)11-17(15)21/h6-9,17,21H,10-11H2,1-5H3. The molecule has 0 spiro atoms. The van der Waals surface area contributed by atoms with Crippen LogP contribution in [0.15, 0.2) is 24.3 Å². The maximum Gasteiger partial charge on any atom is 0.0812 e. The second-order valence-corrected chi connectivity index (χ2v) is 7.32. The SMILES string of the molecule is Cc1cccc(C)c1-n1c(C)cc2c1CC(C)(C)CC2O. The highest BCUT2D eigenvalue weighted by Crippen LogP contribution is 2.43. The molecule has 1 aromatic carbocycles. The van der Waals surface area contributed by atoms with E-state index < -0.39 is 0 Å². The molecule has 1 heterocycles. The average molecular weight is 283 g/mol. The molecular weight excluding hydrogens is 258 g/mol. The van der Waals surface area contributed by atoms with Crippen molar-refractivity contribution in [2.75, 3.05) is 0 Å². The molecule has 0 radical (unpaired) electrons. The van der Waals surface area contributed by atoms with Crippen LogP contribution >= 0.6 is 0 Å². The summed E-state index contributed by atoms with van der Waals surface area (Å²) in [5, 5.41) is 10.5. The van der Waals surface area contributed by atoms with Crippen molar-refractivity contribution >= 4 is 0 Å². The molecule has 1 aliphatic rings. The number of para-hydroxylation sites is 1. The Morgan fingerprint density at radius 3 is 2.38 bits per heavy atom.